The lowest BCUT2D eigenvalue weighted by molar-refractivity contribution is -0.607. The molecule has 2 N–H and O–H groups in total. The minimum atomic E-state index is -1.69. The molecule has 0 fully saturated rings. The number of aliphatic hydroxyl groups excluding tert-OH is 2. The van der Waals surface area contributed by atoms with Crippen LogP contribution in [-0.2, 0) is 0 Å². The van der Waals surface area contributed by atoms with Gasteiger partial charge in [-0.15, -0.1) is 0 Å². The normalized spacial score (nSPS) is 18.7. The Bertz CT molecular complexity index is 273. The molecule has 5 nitrogen and oxygen atoms in total. The zero-order chi connectivity index (χ0) is 15.4. The smallest absolute Gasteiger partial charge is 0.274 e. The lowest BCUT2D eigenvalue weighted by atomic mass is 9.72. The molecule has 0 aromatic heterocycles. The van der Waals surface area contributed by atoms with Gasteiger partial charge in [0.15, 0.2) is 0 Å². The van der Waals surface area contributed by atoms with E-state index in [1.807, 2.05) is 27.7 Å². The molecule has 0 spiro atoms. The van der Waals surface area contributed by atoms with Crippen molar-refractivity contribution < 1.29 is 15.1 Å². The van der Waals surface area contributed by atoms with Crippen LogP contribution in [0.3, 0.4) is 0 Å². The number of nitro groups is 1. The highest BCUT2D eigenvalue weighted by Gasteiger charge is 2.58. The number of nitrogens with zero attached hydrogens (tertiary/aromatic N) is 1. The van der Waals surface area contributed by atoms with Crippen molar-refractivity contribution in [1.82, 2.24) is 0 Å². The highest BCUT2D eigenvalue weighted by Crippen LogP contribution is 2.35. The second kappa shape index (κ2) is 7.20. The van der Waals surface area contributed by atoms with E-state index in [0.717, 1.165) is 0 Å². The van der Waals surface area contributed by atoms with Crippen LogP contribution in [0.2, 0.25) is 0 Å². The molecule has 0 saturated heterocycles. The Hall–Kier alpha value is -0.680. The van der Waals surface area contributed by atoms with Crippen LogP contribution < -0.4 is 0 Å². The molecular weight excluding hydrogens is 246 g/mol. The molecule has 5 heteroatoms. The lowest BCUT2D eigenvalue weighted by Crippen LogP contribution is -2.62. The molecular formula is C14H29NO4. The first-order valence-corrected chi connectivity index (χ1v) is 7.07. The Morgan fingerprint density at radius 2 is 1.26 bits per heavy atom. The fourth-order valence-corrected chi connectivity index (χ4v) is 2.72. The van der Waals surface area contributed by atoms with Crippen molar-refractivity contribution >= 4 is 0 Å². The minimum absolute atomic E-state index is 0.138. The molecule has 0 amide bonds. The van der Waals surface area contributed by atoms with E-state index in [9.17, 15) is 20.3 Å². The van der Waals surface area contributed by atoms with Crippen LogP contribution in [0.25, 0.3) is 0 Å². The average molecular weight is 275 g/mol. The first-order valence-electron chi connectivity index (χ1n) is 7.07. The highest BCUT2D eigenvalue weighted by molar-refractivity contribution is 4.97. The van der Waals surface area contributed by atoms with Crippen molar-refractivity contribution in [2.75, 3.05) is 0 Å². The third-order valence-corrected chi connectivity index (χ3v) is 3.70. The van der Waals surface area contributed by atoms with Crippen molar-refractivity contribution in [2.24, 2.45) is 17.8 Å². The van der Waals surface area contributed by atoms with Gasteiger partial charge >= 0.3 is 0 Å². The van der Waals surface area contributed by atoms with Crippen molar-refractivity contribution in [2.45, 2.75) is 72.1 Å². The maximum Gasteiger partial charge on any atom is 0.274 e. The first kappa shape index (κ1) is 18.3. The molecule has 19 heavy (non-hydrogen) atoms. The Kier molecular flexibility index (Phi) is 6.94. The summed E-state index contributed by atoms with van der Waals surface area (Å²) in [5.41, 5.74) is -1.69. The summed E-state index contributed by atoms with van der Waals surface area (Å²) >= 11 is 0. The second-order valence-electron chi connectivity index (χ2n) is 6.59. The highest BCUT2D eigenvalue weighted by atomic mass is 16.6. The van der Waals surface area contributed by atoms with E-state index >= 15 is 0 Å². The van der Waals surface area contributed by atoms with Crippen molar-refractivity contribution in [3.05, 3.63) is 10.1 Å². The average Bonchev–Trinajstić information content (AvgIpc) is 2.13. The van der Waals surface area contributed by atoms with E-state index in [1.165, 1.54) is 0 Å². The van der Waals surface area contributed by atoms with Crippen molar-refractivity contribution in [3.8, 4) is 0 Å². The second-order valence-corrected chi connectivity index (χ2v) is 6.59. The summed E-state index contributed by atoms with van der Waals surface area (Å²) in [5, 5.41) is 32.3. The van der Waals surface area contributed by atoms with Gasteiger partial charge in [-0.25, -0.2) is 0 Å². The zero-order valence-corrected chi connectivity index (χ0v) is 13.0. The van der Waals surface area contributed by atoms with Gasteiger partial charge in [0, 0.05) is 10.8 Å². The standard InChI is InChI=1S/C14H29NO4/c1-9(2)7-12(16)14(11(5)6,15(18)19)13(17)8-10(3)4/h9-13,16-17H,7-8H2,1-6H3. The quantitative estimate of drug-likeness (QED) is 0.526. The number of rotatable bonds is 8. The molecule has 0 heterocycles. The van der Waals surface area contributed by atoms with Crippen LogP contribution in [0, 0.1) is 27.9 Å². The predicted octanol–water partition coefficient (Wildman–Crippen LogP) is 2.47. The fraction of sp³-hybridized carbons (Fsp3) is 1.00. The van der Waals surface area contributed by atoms with E-state index in [2.05, 4.69) is 0 Å². The van der Waals surface area contributed by atoms with Gasteiger partial charge in [0.2, 0.25) is 0 Å². The molecule has 0 aromatic rings. The number of hydrogen-bond acceptors (Lipinski definition) is 4. The van der Waals surface area contributed by atoms with Crippen LogP contribution in [0.1, 0.15) is 54.4 Å². The summed E-state index contributed by atoms with van der Waals surface area (Å²) in [5.74, 6) is -0.163. The van der Waals surface area contributed by atoms with Crippen LogP contribution in [-0.4, -0.2) is 32.9 Å². The fourth-order valence-electron chi connectivity index (χ4n) is 2.72. The predicted molar refractivity (Wildman–Crippen MR) is 75.5 cm³/mol. The lowest BCUT2D eigenvalue weighted by Gasteiger charge is -2.38. The monoisotopic (exact) mass is 275 g/mol. The van der Waals surface area contributed by atoms with E-state index in [1.54, 1.807) is 13.8 Å². The van der Waals surface area contributed by atoms with E-state index in [4.69, 9.17) is 0 Å². The molecule has 2 atom stereocenters. The molecule has 114 valence electrons. The molecule has 2 unspecified atom stereocenters. The molecule has 0 saturated carbocycles. The van der Waals surface area contributed by atoms with Gasteiger partial charge in [0.05, 0.1) is 0 Å². The number of hydrogen-bond donors (Lipinski definition) is 2. The van der Waals surface area contributed by atoms with Crippen LogP contribution in [0.15, 0.2) is 0 Å². The van der Waals surface area contributed by atoms with E-state index in [0.29, 0.717) is 12.8 Å². The number of aliphatic hydroxyl groups is 2. The summed E-state index contributed by atoms with van der Waals surface area (Å²) in [4.78, 5) is 11.1. The Morgan fingerprint density at radius 3 is 1.42 bits per heavy atom. The van der Waals surface area contributed by atoms with Crippen LogP contribution in [0.5, 0.6) is 0 Å². The molecule has 0 radical (unpaired) electrons. The zero-order valence-electron chi connectivity index (χ0n) is 13.0. The molecule has 0 bridgehead atoms. The maximum absolute atomic E-state index is 11.6. The molecule has 0 aliphatic heterocycles. The van der Waals surface area contributed by atoms with Crippen molar-refractivity contribution in [1.29, 1.82) is 0 Å². The summed E-state index contributed by atoms with van der Waals surface area (Å²) in [6.07, 6.45) is -1.66. The molecule has 0 aliphatic rings. The SMILES string of the molecule is CC(C)CC(O)C(C(C)C)(C(O)CC(C)C)[N+](=O)[O-]. The third-order valence-electron chi connectivity index (χ3n) is 3.70. The van der Waals surface area contributed by atoms with Gasteiger partial charge in [-0.05, 0) is 24.7 Å². The Morgan fingerprint density at radius 1 is 0.947 bits per heavy atom. The van der Waals surface area contributed by atoms with Crippen LogP contribution in [0.4, 0.5) is 0 Å². The van der Waals surface area contributed by atoms with E-state index in [-0.39, 0.29) is 11.8 Å². The summed E-state index contributed by atoms with van der Waals surface area (Å²) in [6, 6.07) is 0. The van der Waals surface area contributed by atoms with Gasteiger partial charge < -0.3 is 10.2 Å². The largest absolute Gasteiger partial charge is 0.385 e. The van der Waals surface area contributed by atoms with Gasteiger partial charge in [-0.3, -0.25) is 10.1 Å². The van der Waals surface area contributed by atoms with Gasteiger partial charge in [-0.1, -0.05) is 41.5 Å². The maximum atomic E-state index is 11.6. The summed E-state index contributed by atoms with van der Waals surface area (Å²) < 4.78 is 0. The molecule has 0 aliphatic carbocycles. The van der Waals surface area contributed by atoms with Gasteiger partial charge in [0.25, 0.3) is 5.54 Å². The van der Waals surface area contributed by atoms with Crippen LogP contribution >= 0.6 is 0 Å². The Labute approximate surface area is 116 Å². The van der Waals surface area contributed by atoms with E-state index < -0.39 is 28.6 Å². The third kappa shape index (κ3) is 4.14. The van der Waals surface area contributed by atoms with Crippen molar-refractivity contribution in [3.63, 3.8) is 0 Å². The Balaban J connectivity index is 5.48. The topological polar surface area (TPSA) is 83.6 Å². The minimum Gasteiger partial charge on any atom is -0.385 e. The molecule has 0 rings (SSSR count). The summed E-state index contributed by atoms with van der Waals surface area (Å²) in [6.45, 7) is 11.0. The molecule has 0 aromatic carbocycles. The summed E-state index contributed by atoms with van der Waals surface area (Å²) in [7, 11) is 0. The first-order chi connectivity index (χ1) is 8.56. The van der Waals surface area contributed by atoms with Gasteiger partial charge in [-0.2, -0.15) is 0 Å². The van der Waals surface area contributed by atoms with Gasteiger partial charge in [0.1, 0.15) is 12.2 Å².